The summed E-state index contributed by atoms with van der Waals surface area (Å²) in [5, 5.41) is 5.28. The Morgan fingerprint density at radius 2 is 1.75 bits per heavy atom. The van der Waals surface area contributed by atoms with E-state index in [1.54, 1.807) is 30.3 Å². The molecule has 0 spiro atoms. The minimum absolute atomic E-state index is 0.00228. The van der Waals surface area contributed by atoms with Gasteiger partial charge in [0.15, 0.2) is 11.5 Å². The van der Waals surface area contributed by atoms with E-state index in [4.69, 9.17) is 21.1 Å². The Hall–Kier alpha value is -3.23. The zero-order chi connectivity index (χ0) is 22.7. The molecule has 0 saturated heterocycles. The van der Waals surface area contributed by atoms with Crippen LogP contribution in [0, 0.1) is 0 Å². The highest BCUT2D eigenvalue weighted by Gasteiger charge is 2.33. The summed E-state index contributed by atoms with van der Waals surface area (Å²) in [6.07, 6.45) is -4.63. The number of hydrogen-bond donors (Lipinski definition) is 2. The Kier molecular flexibility index (Phi) is 6.25. The predicted molar refractivity (Wildman–Crippen MR) is 114 cm³/mol. The maximum atomic E-state index is 13.2. The molecule has 0 saturated carbocycles. The van der Waals surface area contributed by atoms with Crippen molar-refractivity contribution in [3.63, 3.8) is 0 Å². The summed E-state index contributed by atoms with van der Waals surface area (Å²) in [6.45, 7) is 0.473. The van der Waals surface area contributed by atoms with Crippen molar-refractivity contribution >= 4 is 23.2 Å². The minimum Gasteiger partial charge on any atom is -0.454 e. The molecule has 3 aromatic carbocycles. The fourth-order valence-electron chi connectivity index (χ4n) is 3.31. The van der Waals surface area contributed by atoms with Crippen molar-refractivity contribution in [1.29, 1.82) is 0 Å². The third kappa shape index (κ3) is 4.98. The van der Waals surface area contributed by atoms with Gasteiger partial charge in [-0.15, -0.1) is 0 Å². The summed E-state index contributed by atoms with van der Waals surface area (Å²) in [4.78, 5) is 13.0. The van der Waals surface area contributed by atoms with E-state index in [1.165, 1.54) is 6.07 Å². The number of rotatable bonds is 6. The molecule has 5 nitrogen and oxygen atoms in total. The van der Waals surface area contributed by atoms with Crippen LogP contribution in [0.2, 0.25) is 5.02 Å². The van der Waals surface area contributed by atoms with Gasteiger partial charge in [0.1, 0.15) is 6.04 Å². The van der Waals surface area contributed by atoms with Gasteiger partial charge >= 0.3 is 6.18 Å². The second-order valence-corrected chi connectivity index (χ2v) is 7.50. The summed E-state index contributed by atoms with van der Waals surface area (Å²) < 4.78 is 50.2. The van der Waals surface area contributed by atoms with Crippen LogP contribution >= 0.6 is 11.6 Å². The van der Waals surface area contributed by atoms with Crippen molar-refractivity contribution < 1.29 is 27.4 Å². The van der Waals surface area contributed by atoms with Crippen molar-refractivity contribution in [3.8, 4) is 11.5 Å². The second kappa shape index (κ2) is 9.10. The Bertz CT molecular complexity index is 1120. The molecule has 1 amide bonds. The molecular formula is C23H18ClF3N2O3. The molecule has 32 heavy (non-hydrogen) atoms. The molecule has 9 heteroatoms. The van der Waals surface area contributed by atoms with Gasteiger partial charge in [-0.25, -0.2) is 0 Å². The van der Waals surface area contributed by atoms with E-state index in [0.29, 0.717) is 23.6 Å². The van der Waals surface area contributed by atoms with Crippen molar-refractivity contribution in [3.05, 3.63) is 88.4 Å². The number of ether oxygens (including phenoxy) is 2. The Balaban J connectivity index is 1.54. The molecule has 3 aromatic rings. The summed E-state index contributed by atoms with van der Waals surface area (Å²) in [6, 6.07) is 16.8. The third-order valence-corrected chi connectivity index (χ3v) is 5.21. The van der Waals surface area contributed by atoms with Crippen LogP contribution in [0.1, 0.15) is 22.7 Å². The van der Waals surface area contributed by atoms with Gasteiger partial charge in [-0.2, -0.15) is 13.2 Å². The number of alkyl halides is 3. The lowest BCUT2D eigenvalue weighted by atomic mass is 10.0. The van der Waals surface area contributed by atoms with E-state index in [0.717, 1.165) is 17.7 Å². The smallest absolute Gasteiger partial charge is 0.417 e. The fourth-order valence-corrected chi connectivity index (χ4v) is 3.54. The molecule has 0 fully saturated rings. The van der Waals surface area contributed by atoms with Crippen LogP contribution < -0.4 is 20.1 Å². The highest BCUT2D eigenvalue weighted by molar-refractivity contribution is 6.31. The minimum atomic E-state index is -4.63. The molecule has 1 aliphatic rings. The number of carbonyl (C=O) groups excluding carboxylic acids is 1. The highest BCUT2D eigenvalue weighted by Crippen LogP contribution is 2.36. The van der Waals surface area contributed by atoms with Gasteiger partial charge in [0.25, 0.3) is 0 Å². The second-order valence-electron chi connectivity index (χ2n) is 7.09. The van der Waals surface area contributed by atoms with Crippen LogP contribution in [0.25, 0.3) is 0 Å². The number of nitrogens with one attached hydrogen (secondary N) is 2. The average molecular weight is 463 g/mol. The first-order valence-electron chi connectivity index (χ1n) is 9.66. The molecule has 0 aliphatic carbocycles. The van der Waals surface area contributed by atoms with Crippen LogP contribution in [-0.4, -0.2) is 12.7 Å². The van der Waals surface area contributed by atoms with Crippen LogP contribution in [0.15, 0.2) is 66.7 Å². The van der Waals surface area contributed by atoms with Crippen LogP contribution in [0.3, 0.4) is 0 Å². The monoisotopic (exact) mass is 462 g/mol. The molecule has 1 unspecified atom stereocenters. The van der Waals surface area contributed by atoms with Crippen molar-refractivity contribution in [1.82, 2.24) is 5.32 Å². The molecule has 1 heterocycles. The van der Waals surface area contributed by atoms with Gasteiger partial charge in [-0.05, 0) is 41.5 Å². The number of anilines is 1. The van der Waals surface area contributed by atoms with Crippen LogP contribution in [-0.2, 0) is 17.5 Å². The van der Waals surface area contributed by atoms with Crippen molar-refractivity contribution in [2.45, 2.75) is 18.8 Å². The number of halogens is 4. The van der Waals surface area contributed by atoms with Gasteiger partial charge in [-0.1, -0.05) is 48.0 Å². The summed E-state index contributed by atoms with van der Waals surface area (Å²) in [5.74, 6) is 0.757. The Morgan fingerprint density at radius 1 is 1.00 bits per heavy atom. The number of fused-ring (bicyclic) bond motifs is 1. The molecule has 1 aliphatic heterocycles. The fraction of sp³-hybridized carbons (Fsp3) is 0.174. The number of amides is 1. The maximum absolute atomic E-state index is 13.2. The van der Waals surface area contributed by atoms with E-state index in [2.05, 4.69) is 10.6 Å². The molecule has 1 atom stereocenters. The lowest BCUT2D eigenvalue weighted by Gasteiger charge is -2.20. The zero-order valence-corrected chi connectivity index (χ0v) is 17.3. The molecule has 2 N–H and O–H groups in total. The molecule has 0 bridgehead atoms. The van der Waals surface area contributed by atoms with Gasteiger partial charge in [0.05, 0.1) is 10.6 Å². The van der Waals surface area contributed by atoms with Crippen LogP contribution in [0.4, 0.5) is 18.9 Å². The molecular weight excluding hydrogens is 445 g/mol. The SMILES string of the molecule is O=C(Nc1ccc(Cl)c(C(F)(F)F)c1)C(NCc1ccc2c(c1)OCO2)c1ccccc1. The van der Waals surface area contributed by atoms with Crippen LogP contribution in [0.5, 0.6) is 11.5 Å². The quantitative estimate of drug-likeness (QED) is 0.503. The molecule has 0 aromatic heterocycles. The molecule has 4 rings (SSSR count). The normalized spacial score (nSPS) is 13.6. The first kappa shape index (κ1) is 22.0. The Labute approximate surface area is 187 Å². The largest absolute Gasteiger partial charge is 0.454 e. The van der Waals surface area contributed by atoms with Crippen molar-refractivity contribution in [2.24, 2.45) is 0 Å². The first-order valence-corrected chi connectivity index (χ1v) is 10.0. The third-order valence-electron chi connectivity index (χ3n) is 4.88. The van der Waals surface area contributed by atoms with Gasteiger partial charge in [0, 0.05) is 12.2 Å². The van der Waals surface area contributed by atoms with E-state index < -0.39 is 28.7 Å². The zero-order valence-electron chi connectivity index (χ0n) is 16.6. The standard InChI is InChI=1S/C23H18ClF3N2O3/c24-18-8-7-16(11-17(18)23(25,26)27)29-22(30)21(15-4-2-1-3-5-15)28-12-14-6-9-19-20(10-14)32-13-31-19/h1-11,21,28H,12-13H2,(H,29,30). The molecule has 0 radical (unpaired) electrons. The van der Waals surface area contributed by atoms with E-state index in [-0.39, 0.29) is 12.5 Å². The first-order chi connectivity index (χ1) is 15.3. The lowest BCUT2D eigenvalue weighted by Crippen LogP contribution is -2.32. The van der Waals surface area contributed by atoms with Gasteiger partial charge in [0.2, 0.25) is 12.7 Å². The number of benzene rings is 3. The molecule has 166 valence electrons. The maximum Gasteiger partial charge on any atom is 0.417 e. The summed E-state index contributed by atoms with van der Waals surface area (Å²) >= 11 is 5.67. The predicted octanol–water partition coefficient (Wildman–Crippen LogP) is 5.56. The summed E-state index contributed by atoms with van der Waals surface area (Å²) in [5.41, 5.74) is 0.503. The average Bonchev–Trinajstić information content (AvgIpc) is 3.23. The van der Waals surface area contributed by atoms with Crippen molar-refractivity contribution in [2.75, 3.05) is 12.1 Å². The number of hydrogen-bond acceptors (Lipinski definition) is 4. The highest BCUT2D eigenvalue weighted by atomic mass is 35.5. The summed E-state index contributed by atoms with van der Waals surface area (Å²) in [7, 11) is 0. The lowest BCUT2D eigenvalue weighted by molar-refractivity contribution is -0.137. The van der Waals surface area contributed by atoms with E-state index >= 15 is 0 Å². The van der Waals surface area contributed by atoms with Gasteiger partial charge < -0.3 is 14.8 Å². The van der Waals surface area contributed by atoms with Gasteiger partial charge in [-0.3, -0.25) is 10.1 Å². The number of carbonyl (C=O) groups is 1. The van der Waals surface area contributed by atoms with E-state index in [1.807, 2.05) is 18.2 Å². The Morgan fingerprint density at radius 3 is 2.50 bits per heavy atom. The topological polar surface area (TPSA) is 59.6 Å². The van der Waals surface area contributed by atoms with E-state index in [9.17, 15) is 18.0 Å².